The Labute approximate surface area is 111 Å². The summed E-state index contributed by atoms with van der Waals surface area (Å²) in [6.07, 6.45) is 7.03. The third-order valence-corrected chi connectivity index (χ3v) is 3.76. The molecule has 1 aromatic carbocycles. The van der Waals surface area contributed by atoms with Crippen molar-refractivity contribution in [2.75, 3.05) is 13.1 Å². The number of hydrogen-bond acceptors (Lipinski definition) is 3. The van der Waals surface area contributed by atoms with E-state index < -0.39 is 0 Å². The highest BCUT2D eigenvalue weighted by molar-refractivity contribution is 6.36. The lowest BCUT2D eigenvalue weighted by atomic mass is 9.95. The van der Waals surface area contributed by atoms with Crippen LogP contribution >= 0.6 is 0 Å². The summed E-state index contributed by atoms with van der Waals surface area (Å²) in [5, 5.41) is 0. The lowest BCUT2D eigenvalue weighted by Crippen LogP contribution is -2.35. The van der Waals surface area contributed by atoms with Crippen LogP contribution in [0.5, 0.6) is 0 Å². The Kier molecular flexibility index (Phi) is 2.09. The van der Waals surface area contributed by atoms with E-state index in [2.05, 4.69) is 17.0 Å². The van der Waals surface area contributed by atoms with Crippen LogP contribution in [-0.4, -0.2) is 30.0 Å². The van der Waals surface area contributed by atoms with Gasteiger partial charge in [0.25, 0.3) is 0 Å². The van der Waals surface area contributed by atoms with Crippen LogP contribution < -0.4 is 0 Å². The van der Waals surface area contributed by atoms with Gasteiger partial charge in [-0.05, 0) is 12.1 Å². The van der Waals surface area contributed by atoms with E-state index in [0.29, 0.717) is 6.54 Å². The molecule has 0 spiro atoms. The van der Waals surface area contributed by atoms with Gasteiger partial charge in [-0.3, -0.25) is 4.79 Å². The summed E-state index contributed by atoms with van der Waals surface area (Å²) < 4.78 is 0. The summed E-state index contributed by atoms with van der Waals surface area (Å²) in [6, 6.07) is 8.22. The molecule has 0 bridgehead atoms. The Morgan fingerprint density at radius 2 is 2.11 bits per heavy atom. The van der Waals surface area contributed by atoms with Crippen molar-refractivity contribution in [1.82, 2.24) is 4.90 Å². The fourth-order valence-electron chi connectivity index (χ4n) is 2.83. The van der Waals surface area contributed by atoms with Crippen molar-refractivity contribution in [3.05, 3.63) is 59.3 Å². The average Bonchev–Trinajstić information content (AvgIpc) is 2.85. The Hall–Kier alpha value is -2.42. The second-order valence-electron chi connectivity index (χ2n) is 4.89. The van der Waals surface area contributed by atoms with E-state index in [1.807, 2.05) is 30.4 Å². The van der Waals surface area contributed by atoms with Gasteiger partial charge in [0.1, 0.15) is 6.29 Å². The summed E-state index contributed by atoms with van der Waals surface area (Å²) in [4.78, 5) is 17.8. The van der Waals surface area contributed by atoms with Crippen LogP contribution in [0.15, 0.2) is 58.8 Å². The molecule has 0 unspecified atom stereocenters. The molecule has 3 heteroatoms. The Morgan fingerprint density at radius 3 is 3.00 bits per heavy atom. The number of hydrogen-bond donors (Lipinski definition) is 0. The largest absolute Gasteiger partial charge is 0.362 e. The molecule has 0 amide bonds. The van der Waals surface area contributed by atoms with Crippen LogP contribution in [0, 0.1) is 0 Å². The van der Waals surface area contributed by atoms with Gasteiger partial charge in [-0.1, -0.05) is 30.4 Å². The number of allylic oxidation sites excluding steroid dienone is 3. The molecular weight excluding hydrogens is 236 g/mol. The van der Waals surface area contributed by atoms with Crippen molar-refractivity contribution in [3.8, 4) is 0 Å². The Balaban J connectivity index is 1.85. The zero-order valence-electron chi connectivity index (χ0n) is 10.3. The predicted molar refractivity (Wildman–Crippen MR) is 75.3 cm³/mol. The number of rotatable bonds is 1. The molecule has 4 rings (SSSR count). The van der Waals surface area contributed by atoms with Crippen molar-refractivity contribution in [1.29, 1.82) is 0 Å². The van der Waals surface area contributed by atoms with E-state index in [0.717, 1.165) is 35.5 Å². The van der Waals surface area contributed by atoms with Crippen LogP contribution in [0.4, 0.5) is 5.69 Å². The molecule has 0 fully saturated rings. The first kappa shape index (κ1) is 10.5. The number of aldehydes is 1. The smallest absolute Gasteiger partial charge is 0.147 e. The quantitative estimate of drug-likeness (QED) is 0.715. The summed E-state index contributed by atoms with van der Waals surface area (Å²) >= 11 is 0. The highest BCUT2D eigenvalue weighted by Gasteiger charge is 2.30. The Morgan fingerprint density at radius 1 is 1.21 bits per heavy atom. The minimum Gasteiger partial charge on any atom is -0.362 e. The van der Waals surface area contributed by atoms with Crippen LogP contribution in [-0.2, 0) is 4.79 Å². The summed E-state index contributed by atoms with van der Waals surface area (Å²) in [7, 11) is 0. The molecule has 19 heavy (non-hydrogen) atoms. The predicted octanol–water partition coefficient (Wildman–Crippen LogP) is 2.49. The van der Waals surface area contributed by atoms with E-state index in [1.54, 1.807) is 0 Å². The third-order valence-electron chi connectivity index (χ3n) is 3.76. The molecule has 3 aliphatic rings. The molecule has 1 aromatic rings. The van der Waals surface area contributed by atoms with E-state index in [-0.39, 0.29) is 0 Å². The van der Waals surface area contributed by atoms with Gasteiger partial charge in [0, 0.05) is 29.8 Å². The van der Waals surface area contributed by atoms with E-state index >= 15 is 0 Å². The zero-order valence-corrected chi connectivity index (χ0v) is 10.3. The molecule has 0 radical (unpaired) electrons. The maximum absolute atomic E-state index is 10.9. The SMILES string of the molecule is O=CC1=CC=C2C3=Nc4ccccc4C3=CCN2C1. The minimum absolute atomic E-state index is 0.675. The number of benzene rings is 1. The first-order valence-corrected chi connectivity index (χ1v) is 6.37. The molecule has 3 nitrogen and oxygen atoms in total. The minimum atomic E-state index is 0.675. The van der Waals surface area contributed by atoms with E-state index in [4.69, 9.17) is 4.99 Å². The van der Waals surface area contributed by atoms with Gasteiger partial charge in [-0.25, -0.2) is 4.99 Å². The number of aliphatic imine (C=N–C) groups is 1. The molecule has 92 valence electrons. The summed E-state index contributed by atoms with van der Waals surface area (Å²) in [5.41, 5.74) is 6.45. The highest BCUT2D eigenvalue weighted by atomic mass is 16.1. The van der Waals surface area contributed by atoms with E-state index in [1.165, 1.54) is 11.1 Å². The fourth-order valence-corrected chi connectivity index (χ4v) is 2.83. The van der Waals surface area contributed by atoms with Gasteiger partial charge in [-0.15, -0.1) is 0 Å². The standard InChI is InChI=1S/C16H12N2O/c19-10-11-5-6-15-16-13(7-8-18(15)9-11)12-3-1-2-4-14(12)17-16/h1-7,10H,8-9H2. The number of nitrogens with zero attached hydrogens (tertiary/aromatic N) is 2. The zero-order chi connectivity index (χ0) is 12.8. The van der Waals surface area contributed by atoms with Gasteiger partial charge >= 0.3 is 0 Å². The fraction of sp³-hybridized carbons (Fsp3) is 0.125. The number of para-hydroxylation sites is 1. The van der Waals surface area contributed by atoms with Gasteiger partial charge < -0.3 is 4.90 Å². The number of carbonyl (C=O) groups is 1. The molecule has 3 aliphatic heterocycles. The molecule has 0 saturated carbocycles. The molecule has 0 N–H and O–H groups in total. The lowest BCUT2D eigenvalue weighted by molar-refractivity contribution is -0.105. The average molecular weight is 248 g/mol. The Bertz CT molecular complexity index is 707. The van der Waals surface area contributed by atoms with Gasteiger partial charge in [0.05, 0.1) is 17.1 Å². The van der Waals surface area contributed by atoms with Crippen LogP contribution in [0.25, 0.3) is 5.57 Å². The second kappa shape index (κ2) is 3.79. The van der Waals surface area contributed by atoms with Crippen LogP contribution in [0.1, 0.15) is 5.56 Å². The molecule has 0 atom stereocenters. The first-order valence-electron chi connectivity index (χ1n) is 6.37. The summed E-state index contributed by atoms with van der Waals surface area (Å²) in [5.74, 6) is 0. The van der Waals surface area contributed by atoms with Crippen molar-refractivity contribution >= 4 is 23.3 Å². The molecule has 3 heterocycles. The van der Waals surface area contributed by atoms with Gasteiger partial charge in [-0.2, -0.15) is 0 Å². The lowest BCUT2D eigenvalue weighted by Gasteiger charge is -2.32. The molecule has 0 aliphatic carbocycles. The normalized spacial score (nSPS) is 19.5. The number of fused-ring (bicyclic) bond motifs is 5. The van der Waals surface area contributed by atoms with Crippen molar-refractivity contribution in [2.24, 2.45) is 4.99 Å². The van der Waals surface area contributed by atoms with Crippen LogP contribution in [0.3, 0.4) is 0 Å². The third kappa shape index (κ3) is 1.45. The van der Waals surface area contributed by atoms with Gasteiger partial charge in [0.15, 0.2) is 0 Å². The maximum atomic E-state index is 10.9. The second-order valence-corrected chi connectivity index (χ2v) is 4.89. The van der Waals surface area contributed by atoms with Gasteiger partial charge in [0.2, 0.25) is 0 Å². The topological polar surface area (TPSA) is 32.7 Å². The number of carbonyl (C=O) groups excluding carboxylic acids is 1. The molecular formula is C16H12N2O. The molecule has 0 aromatic heterocycles. The van der Waals surface area contributed by atoms with Crippen molar-refractivity contribution in [2.45, 2.75) is 0 Å². The first-order chi connectivity index (χ1) is 9.36. The summed E-state index contributed by atoms with van der Waals surface area (Å²) in [6.45, 7) is 1.51. The van der Waals surface area contributed by atoms with E-state index in [9.17, 15) is 4.79 Å². The molecule has 0 saturated heterocycles. The van der Waals surface area contributed by atoms with Crippen molar-refractivity contribution < 1.29 is 4.79 Å². The van der Waals surface area contributed by atoms with Crippen LogP contribution in [0.2, 0.25) is 0 Å². The maximum Gasteiger partial charge on any atom is 0.147 e. The highest BCUT2D eigenvalue weighted by Crippen LogP contribution is 2.40. The van der Waals surface area contributed by atoms with Crippen molar-refractivity contribution in [3.63, 3.8) is 0 Å². The monoisotopic (exact) mass is 248 g/mol.